The second-order valence-electron chi connectivity index (χ2n) is 4.19. The summed E-state index contributed by atoms with van der Waals surface area (Å²) in [6.07, 6.45) is 3.26. The molecule has 20 heavy (non-hydrogen) atoms. The Bertz CT molecular complexity index is 566. The van der Waals surface area contributed by atoms with E-state index in [-0.39, 0.29) is 11.5 Å². The molecule has 2 aromatic carbocycles. The van der Waals surface area contributed by atoms with Gasteiger partial charge >= 0.3 is 0 Å². The standard InChI is InChI=1S/C16H16N2O2/c19-15-7-3-1-5-13(15)11-17-9-10-18-12-14-6-2-4-8-16(14)20/h1-8,11-12,19-20H,9-10H2. The molecule has 2 aromatic rings. The lowest BCUT2D eigenvalue weighted by atomic mass is 10.2. The fourth-order valence-corrected chi connectivity index (χ4v) is 1.63. The molecule has 0 aliphatic heterocycles. The Morgan fingerprint density at radius 3 is 1.50 bits per heavy atom. The summed E-state index contributed by atoms with van der Waals surface area (Å²) in [6.45, 7) is 1.05. The van der Waals surface area contributed by atoms with Crippen molar-refractivity contribution in [3.8, 4) is 11.5 Å². The summed E-state index contributed by atoms with van der Waals surface area (Å²) in [5.41, 5.74) is 1.38. The summed E-state index contributed by atoms with van der Waals surface area (Å²) in [6, 6.07) is 14.1. The molecule has 0 amide bonds. The number of benzene rings is 2. The van der Waals surface area contributed by atoms with Crippen molar-refractivity contribution in [3.63, 3.8) is 0 Å². The molecule has 0 saturated heterocycles. The predicted octanol–water partition coefficient (Wildman–Crippen LogP) is 2.64. The first-order valence-corrected chi connectivity index (χ1v) is 6.33. The van der Waals surface area contributed by atoms with Gasteiger partial charge in [-0.1, -0.05) is 24.3 Å². The van der Waals surface area contributed by atoms with Crippen molar-refractivity contribution in [2.45, 2.75) is 0 Å². The lowest BCUT2D eigenvalue weighted by Crippen LogP contribution is -1.91. The van der Waals surface area contributed by atoms with E-state index in [0.29, 0.717) is 24.2 Å². The molecule has 0 fully saturated rings. The van der Waals surface area contributed by atoms with Crippen LogP contribution in [0.2, 0.25) is 0 Å². The lowest BCUT2D eigenvalue weighted by molar-refractivity contribution is 0.474. The Hall–Kier alpha value is -2.62. The van der Waals surface area contributed by atoms with Crippen molar-refractivity contribution in [3.05, 3.63) is 59.7 Å². The van der Waals surface area contributed by atoms with Gasteiger partial charge < -0.3 is 10.2 Å². The minimum absolute atomic E-state index is 0.217. The number of rotatable bonds is 5. The van der Waals surface area contributed by atoms with Crippen molar-refractivity contribution in [1.29, 1.82) is 0 Å². The Labute approximate surface area is 117 Å². The highest BCUT2D eigenvalue weighted by Crippen LogP contribution is 2.13. The van der Waals surface area contributed by atoms with Gasteiger partial charge in [0, 0.05) is 23.6 Å². The molecule has 0 radical (unpaired) electrons. The molecule has 2 rings (SSSR count). The fraction of sp³-hybridized carbons (Fsp3) is 0.125. The van der Waals surface area contributed by atoms with Crippen LogP contribution in [0, 0.1) is 0 Å². The number of hydrogen-bond acceptors (Lipinski definition) is 4. The van der Waals surface area contributed by atoms with E-state index < -0.39 is 0 Å². The van der Waals surface area contributed by atoms with Crippen molar-refractivity contribution >= 4 is 12.4 Å². The molecule has 0 aliphatic rings. The van der Waals surface area contributed by atoms with Crippen LogP contribution < -0.4 is 0 Å². The molecule has 4 nitrogen and oxygen atoms in total. The molecule has 0 heterocycles. The van der Waals surface area contributed by atoms with E-state index in [0.717, 1.165) is 0 Å². The number of hydrogen-bond donors (Lipinski definition) is 2. The van der Waals surface area contributed by atoms with Crippen LogP contribution in [0.15, 0.2) is 58.5 Å². The monoisotopic (exact) mass is 268 g/mol. The molecule has 0 spiro atoms. The van der Waals surface area contributed by atoms with Crippen LogP contribution in [0.5, 0.6) is 11.5 Å². The lowest BCUT2D eigenvalue weighted by Gasteiger charge is -1.97. The quantitative estimate of drug-likeness (QED) is 0.646. The maximum atomic E-state index is 9.54. The Morgan fingerprint density at radius 1 is 0.700 bits per heavy atom. The van der Waals surface area contributed by atoms with E-state index in [1.54, 1.807) is 48.8 Å². The first-order valence-electron chi connectivity index (χ1n) is 6.33. The van der Waals surface area contributed by atoms with Gasteiger partial charge in [0.1, 0.15) is 11.5 Å². The van der Waals surface area contributed by atoms with E-state index in [2.05, 4.69) is 9.98 Å². The van der Waals surface area contributed by atoms with Gasteiger partial charge in [0.25, 0.3) is 0 Å². The van der Waals surface area contributed by atoms with Crippen LogP contribution in [0.3, 0.4) is 0 Å². The summed E-state index contributed by atoms with van der Waals surface area (Å²) in [5, 5.41) is 19.1. The van der Waals surface area contributed by atoms with Crippen molar-refractivity contribution in [2.75, 3.05) is 13.1 Å². The van der Waals surface area contributed by atoms with Gasteiger partial charge in [0.05, 0.1) is 13.1 Å². The molecule has 102 valence electrons. The highest BCUT2D eigenvalue weighted by atomic mass is 16.3. The summed E-state index contributed by atoms with van der Waals surface area (Å²) < 4.78 is 0. The van der Waals surface area contributed by atoms with Crippen molar-refractivity contribution < 1.29 is 10.2 Å². The van der Waals surface area contributed by atoms with Gasteiger partial charge in [0.2, 0.25) is 0 Å². The molecule has 0 unspecified atom stereocenters. The molecule has 0 atom stereocenters. The summed E-state index contributed by atoms with van der Waals surface area (Å²) in [7, 11) is 0. The maximum Gasteiger partial charge on any atom is 0.124 e. The Kier molecular flexibility index (Phi) is 4.89. The third-order valence-corrected chi connectivity index (χ3v) is 2.69. The average molecular weight is 268 g/mol. The molecular formula is C16H16N2O2. The third kappa shape index (κ3) is 3.95. The van der Waals surface area contributed by atoms with Crippen molar-refractivity contribution in [1.82, 2.24) is 0 Å². The zero-order chi connectivity index (χ0) is 14.2. The van der Waals surface area contributed by atoms with Crippen LogP contribution in [0.1, 0.15) is 11.1 Å². The van der Waals surface area contributed by atoms with Gasteiger partial charge in [-0.3, -0.25) is 9.98 Å². The number of phenolic OH excluding ortho intramolecular Hbond substituents is 2. The average Bonchev–Trinajstić information content (AvgIpc) is 2.46. The highest BCUT2D eigenvalue weighted by molar-refractivity contribution is 5.84. The van der Waals surface area contributed by atoms with E-state index in [1.165, 1.54) is 0 Å². The molecular weight excluding hydrogens is 252 g/mol. The highest BCUT2D eigenvalue weighted by Gasteiger charge is 1.95. The Morgan fingerprint density at radius 2 is 1.10 bits per heavy atom. The molecule has 0 aromatic heterocycles. The van der Waals surface area contributed by atoms with Crippen LogP contribution in [0.25, 0.3) is 0 Å². The van der Waals surface area contributed by atoms with E-state index in [4.69, 9.17) is 0 Å². The molecule has 0 bridgehead atoms. The van der Waals surface area contributed by atoms with Crippen LogP contribution in [0.4, 0.5) is 0 Å². The Balaban J connectivity index is 1.82. The number of para-hydroxylation sites is 2. The largest absolute Gasteiger partial charge is 0.507 e. The van der Waals surface area contributed by atoms with Gasteiger partial charge in [0.15, 0.2) is 0 Å². The third-order valence-electron chi connectivity index (χ3n) is 2.69. The fourth-order valence-electron chi connectivity index (χ4n) is 1.63. The van der Waals surface area contributed by atoms with E-state index in [9.17, 15) is 10.2 Å². The number of nitrogens with zero attached hydrogens (tertiary/aromatic N) is 2. The predicted molar refractivity (Wildman–Crippen MR) is 81.1 cm³/mol. The molecule has 0 aliphatic carbocycles. The summed E-state index contributed by atoms with van der Waals surface area (Å²) in [4.78, 5) is 8.39. The minimum Gasteiger partial charge on any atom is -0.507 e. The van der Waals surface area contributed by atoms with E-state index in [1.807, 2.05) is 12.1 Å². The molecule has 2 N–H and O–H groups in total. The topological polar surface area (TPSA) is 65.2 Å². The van der Waals surface area contributed by atoms with Crippen LogP contribution >= 0.6 is 0 Å². The number of aliphatic imine (C=N–C) groups is 2. The smallest absolute Gasteiger partial charge is 0.124 e. The molecule has 4 heteroatoms. The maximum absolute atomic E-state index is 9.54. The van der Waals surface area contributed by atoms with Gasteiger partial charge in [-0.05, 0) is 24.3 Å². The normalized spacial score (nSPS) is 11.4. The second-order valence-corrected chi connectivity index (χ2v) is 4.19. The zero-order valence-electron chi connectivity index (χ0n) is 11.0. The van der Waals surface area contributed by atoms with Gasteiger partial charge in [-0.2, -0.15) is 0 Å². The zero-order valence-corrected chi connectivity index (χ0v) is 11.0. The first-order chi connectivity index (χ1) is 9.77. The van der Waals surface area contributed by atoms with Gasteiger partial charge in [-0.15, -0.1) is 0 Å². The molecule has 0 saturated carbocycles. The summed E-state index contributed by atoms with van der Waals surface area (Å²) >= 11 is 0. The van der Waals surface area contributed by atoms with Crippen LogP contribution in [-0.2, 0) is 0 Å². The van der Waals surface area contributed by atoms with Crippen LogP contribution in [-0.4, -0.2) is 35.7 Å². The first kappa shape index (κ1) is 13.8. The minimum atomic E-state index is 0.217. The number of aromatic hydroxyl groups is 2. The second kappa shape index (κ2) is 7.09. The SMILES string of the molecule is Oc1ccccc1C=NCCN=Cc1ccccc1O. The number of phenols is 2. The van der Waals surface area contributed by atoms with Gasteiger partial charge in [-0.25, -0.2) is 0 Å². The summed E-state index contributed by atoms with van der Waals surface area (Å²) in [5.74, 6) is 0.433. The van der Waals surface area contributed by atoms with Crippen molar-refractivity contribution in [2.24, 2.45) is 9.98 Å². The van der Waals surface area contributed by atoms with E-state index >= 15 is 0 Å².